The third kappa shape index (κ3) is 3.22. The quantitative estimate of drug-likeness (QED) is 0.584. The molecule has 6 heteroatoms. The molecule has 0 unspecified atom stereocenters. The Bertz CT molecular complexity index is 414. The molecule has 2 N–H and O–H groups in total. The summed E-state index contributed by atoms with van der Waals surface area (Å²) in [7, 11) is 1.90. The third-order valence-electron chi connectivity index (χ3n) is 2.97. The van der Waals surface area contributed by atoms with Crippen LogP contribution in [0.5, 0.6) is 0 Å². The molecule has 0 aliphatic carbocycles. The number of hydrogen-bond acceptors (Lipinski definition) is 3. The van der Waals surface area contributed by atoms with E-state index in [0.717, 1.165) is 31.0 Å². The minimum Gasteiger partial charge on any atom is -0.391 e. The van der Waals surface area contributed by atoms with Crippen molar-refractivity contribution in [1.29, 1.82) is 0 Å². The molecule has 0 bridgehead atoms. The molecular weight excluding hydrogens is 230 g/mol. The Morgan fingerprint density at radius 1 is 1.67 bits per heavy atom. The van der Waals surface area contributed by atoms with Crippen molar-refractivity contribution in [2.75, 3.05) is 19.6 Å². The van der Waals surface area contributed by atoms with Crippen molar-refractivity contribution in [3.8, 4) is 0 Å². The minimum absolute atomic E-state index is 0.229. The van der Waals surface area contributed by atoms with Gasteiger partial charge in [-0.3, -0.25) is 4.68 Å². The topological polar surface area (TPSA) is 65.7 Å². The smallest absolute Gasteiger partial charge is 0.194 e. The molecule has 1 aromatic heterocycles. The molecule has 1 aromatic rings. The lowest BCUT2D eigenvalue weighted by atomic mass is 10.3. The first-order chi connectivity index (χ1) is 8.69. The fourth-order valence-electron chi connectivity index (χ4n) is 2.08. The van der Waals surface area contributed by atoms with E-state index in [4.69, 9.17) is 0 Å². The molecule has 2 heterocycles. The van der Waals surface area contributed by atoms with Gasteiger partial charge in [0.05, 0.1) is 18.8 Å². The molecule has 6 nitrogen and oxygen atoms in total. The maximum absolute atomic E-state index is 9.57. The number of rotatable bonds is 3. The lowest BCUT2D eigenvalue weighted by Crippen LogP contribution is -2.40. The predicted octanol–water partition coefficient (Wildman–Crippen LogP) is -0.0478. The van der Waals surface area contributed by atoms with E-state index in [-0.39, 0.29) is 6.10 Å². The normalized spacial score (nSPS) is 20.5. The van der Waals surface area contributed by atoms with E-state index in [9.17, 15) is 5.11 Å². The number of aromatic nitrogens is 2. The standard InChI is InChI=1S/C12H21N5O/c1-3-13-12(17-5-4-11(18)9-17)14-6-10-7-15-16(2)8-10/h7-8,11,18H,3-6,9H2,1-2H3,(H,13,14)/t11-/m1/s1. The van der Waals surface area contributed by atoms with E-state index < -0.39 is 0 Å². The fourth-order valence-corrected chi connectivity index (χ4v) is 2.08. The number of β-amino-alcohol motifs (C(OH)–C–C–N with tert-alkyl or cyclic N) is 1. The Kier molecular flexibility index (Phi) is 4.19. The number of nitrogens with one attached hydrogen (secondary N) is 1. The van der Waals surface area contributed by atoms with Crippen molar-refractivity contribution < 1.29 is 5.11 Å². The molecule has 1 atom stereocenters. The Morgan fingerprint density at radius 2 is 2.50 bits per heavy atom. The number of guanidine groups is 1. The van der Waals surface area contributed by atoms with Gasteiger partial charge in [0.15, 0.2) is 5.96 Å². The molecule has 0 saturated carbocycles. The van der Waals surface area contributed by atoms with Crippen LogP contribution in [0.3, 0.4) is 0 Å². The van der Waals surface area contributed by atoms with Gasteiger partial charge in [-0.05, 0) is 13.3 Å². The van der Waals surface area contributed by atoms with E-state index >= 15 is 0 Å². The van der Waals surface area contributed by atoms with E-state index in [1.165, 1.54) is 0 Å². The zero-order valence-electron chi connectivity index (χ0n) is 11.0. The highest BCUT2D eigenvalue weighted by atomic mass is 16.3. The van der Waals surface area contributed by atoms with E-state index in [1.54, 1.807) is 4.68 Å². The van der Waals surface area contributed by atoms with E-state index in [1.807, 2.05) is 26.4 Å². The molecule has 2 rings (SSSR count). The Labute approximate surface area is 107 Å². The van der Waals surface area contributed by atoms with Crippen LogP contribution >= 0.6 is 0 Å². The minimum atomic E-state index is -0.229. The van der Waals surface area contributed by atoms with Crippen molar-refractivity contribution in [1.82, 2.24) is 20.0 Å². The predicted molar refractivity (Wildman–Crippen MR) is 70.2 cm³/mol. The monoisotopic (exact) mass is 251 g/mol. The van der Waals surface area contributed by atoms with Gasteiger partial charge >= 0.3 is 0 Å². The molecule has 0 amide bonds. The highest BCUT2D eigenvalue weighted by Crippen LogP contribution is 2.09. The summed E-state index contributed by atoms with van der Waals surface area (Å²) in [5.74, 6) is 0.873. The Morgan fingerprint density at radius 3 is 3.06 bits per heavy atom. The SMILES string of the molecule is CCNC(=NCc1cnn(C)c1)N1CC[C@@H](O)C1. The second-order valence-electron chi connectivity index (χ2n) is 4.58. The summed E-state index contributed by atoms with van der Waals surface area (Å²) in [5.41, 5.74) is 1.09. The van der Waals surface area contributed by atoms with Gasteiger partial charge in [-0.25, -0.2) is 4.99 Å². The highest BCUT2D eigenvalue weighted by molar-refractivity contribution is 5.80. The summed E-state index contributed by atoms with van der Waals surface area (Å²) in [4.78, 5) is 6.68. The first-order valence-electron chi connectivity index (χ1n) is 6.38. The van der Waals surface area contributed by atoms with Gasteiger partial charge in [-0.1, -0.05) is 0 Å². The van der Waals surface area contributed by atoms with Crippen LogP contribution in [0.1, 0.15) is 18.9 Å². The van der Waals surface area contributed by atoms with Crippen molar-refractivity contribution in [2.24, 2.45) is 12.0 Å². The molecule has 0 spiro atoms. The van der Waals surface area contributed by atoms with Crippen molar-refractivity contribution >= 4 is 5.96 Å². The summed E-state index contributed by atoms with van der Waals surface area (Å²) >= 11 is 0. The van der Waals surface area contributed by atoms with Crippen LogP contribution in [-0.2, 0) is 13.6 Å². The van der Waals surface area contributed by atoms with Gasteiger partial charge in [0.2, 0.25) is 0 Å². The van der Waals surface area contributed by atoms with Gasteiger partial charge in [-0.2, -0.15) is 5.10 Å². The lowest BCUT2D eigenvalue weighted by molar-refractivity contribution is 0.188. The number of hydrogen-bond donors (Lipinski definition) is 2. The molecule has 18 heavy (non-hydrogen) atoms. The van der Waals surface area contributed by atoms with Crippen LogP contribution < -0.4 is 5.32 Å². The number of nitrogens with zero attached hydrogens (tertiary/aromatic N) is 4. The van der Waals surface area contributed by atoms with Crippen LogP contribution in [0, 0.1) is 0 Å². The largest absolute Gasteiger partial charge is 0.391 e. The van der Waals surface area contributed by atoms with Gasteiger partial charge in [0, 0.05) is 38.4 Å². The van der Waals surface area contributed by atoms with Crippen LogP contribution in [0.25, 0.3) is 0 Å². The fraction of sp³-hybridized carbons (Fsp3) is 0.667. The summed E-state index contributed by atoms with van der Waals surface area (Å²) in [5, 5.41) is 17.0. The number of likely N-dealkylation sites (tertiary alicyclic amines) is 1. The van der Waals surface area contributed by atoms with Crippen molar-refractivity contribution in [3.63, 3.8) is 0 Å². The van der Waals surface area contributed by atoms with Crippen LogP contribution in [-0.4, -0.2) is 51.5 Å². The molecule has 1 aliphatic heterocycles. The lowest BCUT2D eigenvalue weighted by Gasteiger charge is -2.20. The average molecular weight is 251 g/mol. The second kappa shape index (κ2) is 5.86. The Balaban J connectivity index is 2.00. The summed E-state index contributed by atoms with van der Waals surface area (Å²) in [6.45, 7) is 5.02. The molecule has 0 radical (unpaired) electrons. The summed E-state index contributed by atoms with van der Waals surface area (Å²) < 4.78 is 1.78. The Hall–Kier alpha value is -1.56. The molecule has 1 aliphatic rings. The third-order valence-corrected chi connectivity index (χ3v) is 2.97. The first kappa shape index (κ1) is 12.9. The maximum Gasteiger partial charge on any atom is 0.194 e. The molecular formula is C12H21N5O. The zero-order valence-corrected chi connectivity index (χ0v) is 11.0. The number of aryl methyl sites for hydroxylation is 1. The first-order valence-corrected chi connectivity index (χ1v) is 6.38. The van der Waals surface area contributed by atoms with Gasteiger partial charge < -0.3 is 15.3 Å². The number of aliphatic imine (C=N–C) groups is 1. The second-order valence-corrected chi connectivity index (χ2v) is 4.58. The molecule has 0 aromatic carbocycles. The van der Waals surface area contributed by atoms with E-state index in [2.05, 4.69) is 20.3 Å². The molecule has 1 saturated heterocycles. The van der Waals surface area contributed by atoms with Crippen molar-refractivity contribution in [2.45, 2.75) is 26.0 Å². The molecule has 1 fully saturated rings. The maximum atomic E-state index is 9.57. The number of aliphatic hydroxyl groups excluding tert-OH is 1. The van der Waals surface area contributed by atoms with E-state index in [0.29, 0.717) is 13.1 Å². The number of aliphatic hydroxyl groups is 1. The highest BCUT2D eigenvalue weighted by Gasteiger charge is 2.22. The van der Waals surface area contributed by atoms with Gasteiger partial charge in [-0.15, -0.1) is 0 Å². The van der Waals surface area contributed by atoms with Gasteiger partial charge in [0.25, 0.3) is 0 Å². The summed E-state index contributed by atoms with van der Waals surface area (Å²) in [6, 6.07) is 0. The van der Waals surface area contributed by atoms with Crippen LogP contribution in [0.4, 0.5) is 0 Å². The van der Waals surface area contributed by atoms with Crippen molar-refractivity contribution in [3.05, 3.63) is 18.0 Å². The average Bonchev–Trinajstić information content (AvgIpc) is 2.94. The zero-order chi connectivity index (χ0) is 13.0. The van der Waals surface area contributed by atoms with Gasteiger partial charge in [0.1, 0.15) is 0 Å². The summed E-state index contributed by atoms with van der Waals surface area (Å²) in [6.07, 6.45) is 4.38. The molecule has 100 valence electrons. The van der Waals surface area contributed by atoms with Crippen LogP contribution in [0.15, 0.2) is 17.4 Å². The van der Waals surface area contributed by atoms with Crippen LogP contribution in [0.2, 0.25) is 0 Å².